The number of rotatable bonds is 5. The standard InChI is InChI=1S/C13H17N3O4S2/c1-8(2)22(19,20)10-5-3-4-9(6-10)12(18)15-7-11(17)16-13(14)21/h3-6,8H,7H2,1-2H3,(H,15,18)(H3,14,16,17,21). The highest BCUT2D eigenvalue weighted by atomic mass is 32.2. The van der Waals surface area contributed by atoms with E-state index in [-0.39, 0.29) is 22.2 Å². The van der Waals surface area contributed by atoms with E-state index in [4.69, 9.17) is 5.41 Å². The molecule has 0 radical (unpaired) electrons. The molecular weight excluding hydrogens is 326 g/mol. The van der Waals surface area contributed by atoms with Crippen LogP contribution in [-0.4, -0.2) is 37.2 Å². The van der Waals surface area contributed by atoms with Gasteiger partial charge in [0, 0.05) is 5.56 Å². The van der Waals surface area contributed by atoms with Crippen LogP contribution in [0.15, 0.2) is 29.2 Å². The second-order valence-corrected chi connectivity index (χ2v) is 7.65. The van der Waals surface area contributed by atoms with Crippen molar-refractivity contribution in [3.05, 3.63) is 29.8 Å². The average Bonchev–Trinajstić information content (AvgIpc) is 2.44. The van der Waals surface area contributed by atoms with Crippen LogP contribution < -0.4 is 10.6 Å². The van der Waals surface area contributed by atoms with Gasteiger partial charge in [0.2, 0.25) is 5.91 Å². The molecule has 1 aromatic rings. The number of benzene rings is 1. The molecule has 3 N–H and O–H groups in total. The maximum Gasteiger partial charge on any atom is 0.251 e. The quantitative estimate of drug-likeness (QED) is 0.355. The minimum atomic E-state index is -3.48. The van der Waals surface area contributed by atoms with Crippen molar-refractivity contribution in [3.63, 3.8) is 0 Å². The van der Waals surface area contributed by atoms with Gasteiger partial charge in [-0.2, -0.15) is 0 Å². The molecule has 0 saturated heterocycles. The minimum Gasteiger partial charge on any atom is -0.343 e. The molecule has 22 heavy (non-hydrogen) atoms. The van der Waals surface area contributed by atoms with Gasteiger partial charge in [0.05, 0.1) is 16.7 Å². The van der Waals surface area contributed by atoms with Crippen molar-refractivity contribution >= 4 is 39.4 Å². The molecule has 0 bridgehead atoms. The smallest absolute Gasteiger partial charge is 0.251 e. The van der Waals surface area contributed by atoms with Gasteiger partial charge in [0.15, 0.2) is 15.0 Å². The van der Waals surface area contributed by atoms with E-state index in [1.807, 2.05) is 0 Å². The van der Waals surface area contributed by atoms with Crippen LogP contribution in [0.5, 0.6) is 0 Å². The molecule has 0 unspecified atom stereocenters. The number of carbonyl (C=O) groups is 2. The Morgan fingerprint density at radius 2 is 1.95 bits per heavy atom. The largest absolute Gasteiger partial charge is 0.343 e. The number of amides is 2. The van der Waals surface area contributed by atoms with Gasteiger partial charge < -0.3 is 10.6 Å². The zero-order valence-electron chi connectivity index (χ0n) is 12.1. The zero-order chi connectivity index (χ0) is 16.9. The van der Waals surface area contributed by atoms with Gasteiger partial charge in [-0.3, -0.25) is 15.0 Å². The van der Waals surface area contributed by atoms with E-state index in [0.717, 1.165) is 0 Å². The van der Waals surface area contributed by atoms with Crippen molar-refractivity contribution in [2.45, 2.75) is 24.0 Å². The summed E-state index contributed by atoms with van der Waals surface area (Å²) in [5, 5.41) is 10.5. The number of carbonyl (C=O) groups excluding carboxylic acids is 2. The second-order valence-electron chi connectivity index (χ2n) is 4.70. The van der Waals surface area contributed by atoms with Crippen LogP contribution in [-0.2, 0) is 14.6 Å². The Balaban J connectivity index is 2.84. The van der Waals surface area contributed by atoms with Gasteiger partial charge in [-0.15, -0.1) is 12.6 Å². The monoisotopic (exact) mass is 343 g/mol. The summed E-state index contributed by atoms with van der Waals surface area (Å²) in [6.45, 7) is 2.76. The summed E-state index contributed by atoms with van der Waals surface area (Å²) in [4.78, 5) is 23.3. The molecule has 9 heteroatoms. The lowest BCUT2D eigenvalue weighted by Gasteiger charge is -2.10. The molecule has 1 rings (SSSR count). The summed E-state index contributed by atoms with van der Waals surface area (Å²) < 4.78 is 24.1. The van der Waals surface area contributed by atoms with E-state index < -0.39 is 26.9 Å². The van der Waals surface area contributed by atoms with Crippen LogP contribution in [0.25, 0.3) is 0 Å². The minimum absolute atomic E-state index is 0.0525. The first-order valence-corrected chi connectivity index (χ1v) is 8.33. The van der Waals surface area contributed by atoms with Crippen molar-refractivity contribution in [1.29, 1.82) is 5.41 Å². The topological polar surface area (TPSA) is 116 Å². The summed E-state index contributed by atoms with van der Waals surface area (Å²) in [7, 11) is -3.48. The summed E-state index contributed by atoms with van der Waals surface area (Å²) in [5.74, 6) is -1.18. The van der Waals surface area contributed by atoms with Gasteiger partial charge in [-0.1, -0.05) is 6.07 Å². The van der Waals surface area contributed by atoms with Gasteiger partial charge in [0.1, 0.15) is 0 Å². The molecule has 0 atom stereocenters. The number of sulfone groups is 1. The fraction of sp³-hybridized carbons (Fsp3) is 0.308. The van der Waals surface area contributed by atoms with Crippen LogP contribution >= 0.6 is 12.6 Å². The predicted octanol–water partition coefficient (Wildman–Crippen LogP) is 0.579. The highest BCUT2D eigenvalue weighted by molar-refractivity contribution is 7.96. The maximum atomic E-state index is 12.1. The molecule has 1 aromatic carbocycles. The third-order valence-electron chi connectivity index (χ3n) is 2.71. The number of hydrogen-bond acceptors (Lipinski definition) is 5. The van der Waals surface area contributed by atoms with Gasteiger partial charge in [0.25, 0.3) is 5.91 Å². The first-order valence-electron chi connectivity index (χ1n) is 6.34. The SMILES string of the molecule is CC(C)S(=O)(=O)c1cccc(C(=O)NCC(=O)NC(=N)S)c1. The van der Waals surface area contributed by atoms with E-state index in [0.29, 0.717) is 0 Å². The van der Waals surface area contributed by atoms with E-state index in [1.165, 1.54) is 24.3 Å². The number of nitrogens with one attached hydrogen (secondary N) is 3. The van der Waals surface area contributed by atoms with Gasteiger partial charge in [-0.05, 0) is 32.0 Å². The molecule has 7 nitrogen and oxygen atoms in total. The number of amidine groups is 1. The zero-order valence-corrected chi connectivity index (χ0v) is 13.8. The van der Waals surface area contributed by atoms with Crippen LogP contribution in [0.1, 0.15) is 24.2 Å². The third-order valence-corrected chi connectivity index (χ3v) is 4.98. The molecule has 0 spiro atoms. The Bertz CT molecular complexity index is 699. The van der Waals surface area contributed by atoms with Crippen molar-refractivity contribution in [3.8, 4) is 0 Å². The summed E-state index contributed by atoms with van der Waals surface area (Å²) in [6, 6.07) is 5.60. The summed E-state index contributed by atoms with van der Waals surface area (Å²) in [5.41, 5.74) is 0.135. The fourth-order valence-corrected chi connectivity index (χ4v) is 2.75. The number of hydrogen-bond donors (Lipinski definition) is 4. The van der Waals surface area contributed by atoms with Crippen molar-refractivity contribution in [1.82, 2.24) is 10.6 Å². The van der Waals surface area contributed by atoms with Crippen LogP contribution in [0, 0.1) is 5.41 Å². The third kappa shape index (κ3) is 4.85. The van der Waals surface area contributed by atoms with E-state index in [1.54, 1.807) is 13.8 Å². The molecule has 0 heterocycles. The summed E-state index contributed by atoms with van der Waals surface area (Å²) >= 11 is 3.59. The predicted molar refractivity (Wildman–Crippen MR) is 86.0 cm³/mol. The first kappa shape index (κ1) is 18.2. The summed E-state index contributed by atoms with van der Waals surface area (Å²) in [6.07, 6.45) is 0. The molecular formula is C13H17N3O4S2. The maximum absolute atomic E-state index is 12.1. The number of thiol groups is 1. The molecule has 120 valence electrons. The van der Waals surface area contributed by atoms with Crippen molar-refractivity contribution < 1.29 is 18.0 Å². The Morgan fingerprint density at radius 3 is 2.50 bits per heavy atom. The molecule has 2 amide bonds. The Kier molecular flexibility index (Phi) is 6.12. The van der Waals surface area contributed by atoms with Gasteiger partial charge >= 0.3 is 0 Å². The Labute approximate surface area is 134 Å². The molecule has 0 fully saturated rings. The Morgan fingerprint density at radius 1 is 1.32 bits per heavy atom. The van der Waals surface area contributed by atoms with Crippen molar-refractivity contribution in [2.24, 2.45) is 0 Å². The second kappa shape index (κ2) is 7.41. The van der Waals surface area contributed by atoms with Crippen LogP contribution in [0.2, 0.25) is 0 Å². The van der Waals surface area contributed by atoms with Gasteiger partial charge in [-0.25, -0.2) is 8.42 Å². The highest BCUT2D eigenvalue weighted by Crippen LogP contribution is 2.17. The molecule has 0 aliphatic heterocycles. The highest BCUT2D eigenvalue weighted by Gasteiger charge is 2.20. The average molecular weight is 343 g/mol. The van der Waals surface area contributed by atoms with Crippen LogP contribution in [0.4, 0.5) is 0 Å². The lowest BCUT2D eigenvalue weighted by atomic mass is 10.2. The van der Waals surface area contributed by atoms with E-state index in [2.05, 4.69) is 23.3 Å². The Hall–Kier alpha value is -1.87. The van der Waals surface area contributed by atoms with Crippen LogP contribution in [0.3, 0.4) is 0 Å². The normalized spacial score (nSPS) is 11.1. The lowest BCUT2D eigenvalue weighted by molar-refractivity contribution is -0.118. The first-order chi connectivity index (χ1) is 10.1. The van der Waals surface area contributed by atoms with E-state index >= 15 is 0 Å². The molecule has 0 aliphatic rings. The molecule has 0 aliphatic carbocycles. The molecule has 0 aromatic heterocycles. The fourth-order valence-electron chi connectivity index (χ4n) is 1.53. The lowest BCUT2D eigenvalue weighted by Crippen LogP contribution is -2.38. The van der Waals surface area contributed by atoms with E-state index in [9.17, 15) is 18.0 Å². The molecule has 0 saturated carbocycles. The van der Waals surface area contributed by atoms with Crippen molar-refractivity contribution in [2.75, 3.05) is 6.54 Å².